The molecule has 1 aliphatic carbocycles. The Morgan fingerprint density at radius 1 is 1.18 bits per heavy atom. The first-order valence-electron chi connectivity index (χ1n) is 13.8. The lowest BCUT2D eigenvalue weighted by molar-refractivity contribution is -0.144. The number of hydrogen-bond acceptors (Lipinski definition) is 7. The third kappa shape index (κ3) is 6.29. The summed E-state index contributed by atoms with van der Waals surface area (Å²) < 4.78 is 7.72. The molecule has 39 heavy (non-hydrogen) atoms. The number of nitrogens with zero attached hydrogens (tertiary/aromatic N) is 5. The van der Waals surface area contributed by atoms with Crippen molar-refractivity contribution in [3.63, 3.8) is 0 Å². The zero-order valence-corrected chi connectivity index (χ0v) is 23.8. The third-order valence-electron chi connectivity index (χ3n) is 7.90. The van der Waals surface area contributed by atoms with Crippen molar-refractivity contribution in [1.82, 2.24) is 30.1 Å². The van der Waals surface area contributed by atoms with Crippen molar-refractivity contribution in [2.24, 2.45) is 5.41 Å². The number of aliphatic hydroxyl groups is 1. The van der Waals surface area contributed by atoms with Crippen LogP contribution >= 0.6 is 11.6 Å². The molecule has 0 spiro atoms. The summed E-state index contributed by atoms with van der Waals surface area (Å²) in [6.07, 6.45) is 3.13. The smallest absolute Gasteiger partial charge is 0.248 e. The molecule has 1 aromatic carbocycles. The van der Waals surface area contributed by atoms with Crippen LogP contribution in [0.5, 0.6) is 0 Å². The van der Waals surface area contributed by atoms with Crippen LogP contribution < -0.4 is 5.32 Å². The lowest BCUT2D eigenvalue weighted by Crippen LogP contribution is -2.53. The highest BCUT2D eigenvalue weighted by molar-refractivity contribution is 6.30. The normalized spacial score (nSPS) is 25.9. The van der Waals surface area contributed by atoms with Gasteiger partial charge in [-0.3, -0.25) is 9.59 Å². The fourth-order valence-corrected chi connectivity index (χ4v) is 5.78. The number of likely N-dealkylation sites (tertiary alicyclic amines) is 1. The van der Waals surface area contributed by atoms with Crippen molar-refractivity contribution >= 4 is 23.4 Å². The van der Waals surface area contributed by atoms with Crippen LogP contribution in [0.15, 0.2) is 30.5 Å². The van der Waals surface area contributed by atoms with Gasteiger partial charge in [0.15, 0.2) is 0 Å². The molecule has 3 aliphatic rings. The van der Waals surface area contributed by atoms with Gasteiger partial charge in [-0.05, 0) is 43.0 Å². The van der Waals surface area contributed by atoms with E-state index >= 15 is 0 Å². The number of β-amino-alcohol motifs (C(OH)–C–C–N with tert-alkyl or cyclic N) is 1. The van der Waals surface area contributed by atoms with Crippen LogP contribution in [0.2, 0.25) is 5.02 Å². The number of carbonyl (C=O) groups excluding carboxylic acids is 2. The minimum atomic E-state index is -0.820. The highest BCUT2D eigenvalue weighted by Crippen LogP contribution is 2.40. The number of halogens is 1. The first kappa shape index (κ1) is 28.0. The van der Waals surface area contributed by atoms with E-state index in [1.165, 1.54) is 4.90 Å². The lowest BCUT2D eigenvalue weighted by Gasteiger charge is -2.37. The number of ether oxygens (including phenoxy) is 1. The second kappa shape index (κ2) is 11.2. The quantitative estimate of drug-likeness (QED) is 0.537. The van der Waals surface area contributed by atoms with E-state index in [1.807, 2.05) is 46.1 Å². The molecule has 2 aliphatic heterocycles. The largest absolute Gasteiger partial charge is 0.391 e. The number of rotatable bonds is 7. The Morgan fingerprint density at radius 2 is 1.90 bits per heavy atom. The summed E-state index contributed by atoms with van der Waals surface area (Å²) in [6.45, 7) is 8.03. The van der Waals surface area contributed by atoms with Gasteiger partial charge in [0.25, 0.3) is 0 Å². The Kier molecular flexibility index (Phi) is 8.01. The van der Waals surface area contributed by atoms with Crippen molar-refractivity contribution in [3.05, 3.63) is 46.7 Å². The molecular weight excluding hydrogens is 520 g/mol. The van der Waals surface area contributed by atoms with E-state index < -0.39 is 29.6 Å². The molecule has 1 saturated carbocycles. The Bertz CT molecular complexity index is 1180. The van der Waals surface area contributed by atoms with Gasteiger partial charge in [-0.15, -0.1) is 5.10 Å². The van der Waals surface area contributed by atoms with Crippen molar-refractivity contribution in [1.29, 1.82) is 0 Å². The van der Waals surface area contributed by atoms with Gasteiger partial charge < -0.3 is 25.0 Å². The summed E-state index contributed by atoms with van der Waals surface area (Å²) in [4.78, 5) is 31.6. The van der Waals surface area contributed by atoms with Crippen LogP contribution in [0.3, 0.4) is 0 Å². The van der Waals surface area contributed by atoms with Gasteiger partial charge in [-0.1, -0.05) is 49.7 Å². The van der Waals surface area contributed by atoms with E-state index in [4.69, 9.17) is 16.3 Å². The van der Waals surface area contributed by atoms with Crippen molar-refractivity contribution in [2.45, 2.75) is 76.3 Å². The molecule has 5 rings (SSSR count). The van der Waals surface area contributed by atoms with E-state index in [0.717, 1.165) is 30.6 Å². The molecule has 0 radical (unpaired) electrons. The van der Waals surface area contributed by atoms with E-state index in [9.17, 15) is 14.7 Å². The van der Waals surface area contributed by atoms with Gasteiger partial charge in [-0.2, -0.15) is 0 Å². The minimum absolute atomic E-state index is 0.0853. The predicted molar refractivity (Wildman–Crippen MR) is 146 cm³/mol. The van der Waals surface area contributed by atoms with Crippen LogP contribution in [0.4, 0.5) is 0 Å². The first-order chi connectivity index (χ1) is 18.5. The minimum Gasteiger partial charge on any atom is -0.391 e. The maximum absolute atomic E-state index is 14.1. The maximum Gasteiger partial charge on any atom is 0.248 e. The van der Waals surface area contributed by atoms with Crippen molar-refractivity contribution < 1.29 is 19.4 Å². The van der Waals surface area contributed by atoms with Gasteiger partial charge in [0, 0.05) is 43.2 Å². The summed E-state index contributed by atoms with van der Waals surface area (Å²) in [7, 11) is 2.02. The molecule has 5 atom stereocenters. The zero-order valence-electron chi connectivity index (χ0n) is 23.1. The number of nitrogens with one attached hydrogen (secondary N) is 1. The van der Waals surface area contributed by atoms with Gasteiger partial charge >= 0.3 is 0 Å². The fraction of sp³-hybridized carbons (Fsp3) is 0.643. The predicted octanol–water partition coefficient (Wildman–Crippen LogP) is 2.55. The number of aliphatic hydroxyl groups excluding tert-OH is 1. The molecule has 2 N–H and O–H groups in total. The Hall–Kier alpha value is -2.53. The molecule has 3 fully saturated rings. The van der Waals surface area contributed by atoms with E-state index in [0.29, 0.717) is 24.1 Å². The summed E-state index contributed by atoms with van der Waals surface area (Å²) in [6, 6.07) is 5.42. The van der Waals surface area contributed by atoms with Gasteiger partial charge in [0.05, 0.1) is 30.6 Å². The molecule has 4 unspecified atom stereocenters. The molecule has 0 bridgehead atoms. The van der Waals surface area contributed by atoms with E-state index in [2.05, 4.69) is 20.5 Å². The molecule has 2 amide bonds. The average molecular weight is 559 g/mol. The molecule has 11 heteroatoms. The number of morpholine rings is 1. The standard InChI is InChI=1S/C28H39ClN6O4/c1-28(2,3)25(35-15-21(31-32-35)17-5-6-17)27(38)34-14-20(36)13-22(34)26(37)30-24(18-7-9-19(29)10-8-18)23-16-33(4)11-12-39-23/h7-10,15,17,20,22-25,36H,5-6,11-14,16H2,1-4H3,(H,30,37)/t20?,22?,23?,24?,25-/m0/s1. The monoisotopic (exact) mass is 558 g/mol. The topological polar surface area (TPSA) is 113 Å². The summed E-state index contributed by atoms with van der Waals surface area (Å²) in [5.41, 5.74) is 1.27. The Morgan fingerprint density at radius 3 is 2.54 bits per heavy atom. The number of hydrogen-bond donors (Lipinski definition) is 2. The zero-order chi connectivity index (χ0) is 27.9. The number of amides is 2. The Labute approximate surface area is 234 Å². The number of aromatic nitrogens is 3. The fourth-order valence-electron chi connectivity index (χ4n) is 5.65. The third-order valence-corrected chi connectivity index (χ3v) is 8.15. The van der Waals surface area contributed by atoms with Gasteiger partial charge in [0.2, 0.25) is 11.8 Å². The lowest BCUT2D eigenvalue weighted by atomic mass is 9.85. The molecule has 1 aromatic heterocycles. The van der Waals surface area contributed by atoms with Crippen molar-refractivity contribution in [2.75, 3.05) is 33.3 Å². The number of benzene rings is 1. The first-order valence-corrected chi connectivity index (χ1v) is 14.2. The van der Waals surface area contributed by atoms with Gasteiger partial charge in [-0.25, -0.2) is 4.68 Å². The van der Waals surface area contributed by atoms with Crippen LogP contribution in [-0.4, -0.2) is 93.3 Å². The van der Waals surface area contributed by atoms with Crippen LogP contribution in [0.25, 0.3) is 0 Å². The summed E-state index contributed by atoms with van der Waals surface area (Å²) >= 11 is 6.13. The molecular formula is C28H39ClN6O4. The van der Waals surface area contributed by atoms with E-state index in [1.54, 1.807) is 16.8 Å². The molecule has 212 valence electrons. The van der Waals surface area contributed by atoms with E-state index in [-0.39, 0.29) is 30.9 Å². The molecule has 2 aromatic rings. The van der Waals surface area contributed by atoms with Crippen LogP contribution in [0.1, 0.15) is 69.3 Å². The van der Waals surface area contributed by atoms with Crippen LogP contribution in [0, 0.1) is 5.41 Å². The van der Waals surface area contributed by atoms with Crippen molar-refractivity contribution in [3.8, 4) is 0 Å². The second-order valence-corrected chi connectivity index (χ2v) is 12.7. The summed E-state index contributed by atoms with van der Waals surface area (Å²) in [5.74, 6) is -0.155. The summed E-state index contributed by atoms with van der Waals surface area (Å²) in [5, 5.41) is 23.0. The highest BCUT2D eigenvalue weighted by atomic mass is 35.5. The molecule has 2 saturated heterocycles. The highest BCUT2D eigenvalue weighted by Gasteiger charge is 2.46. The van der Waals surface area contributed by atoms with Crippen LogP contribution in [-0.2, 0) is 14.3 Å². The maximum atomic E-state index is 14.1. The number of likely N-dealkylation sites (N-methyl/N-ethyl adjacent to an activating group) is 1. The molecule has 10 nitrogen and oxygen atoms in total. The number of carbonyl (C=O) groups is 2. The second-order valence-electron chi connectivity index (χ2n) is 12.3. The Balaban J connectivity index is 1.39. The average Bonchev–Trinajstić information content (AvgIpc) is 3.49. The SMILES string of the molecule is CN1CCOC(C(NC(=O)C2CC(O)CN2C(=O)[C@H](n2cc(C3CC3)nn2)C(C)(C)C)c2ccc(Cl)cc2)C1. The molecule has 3 heterocycles. The van der Waals surface area contributed by atoms with Gasteiger partial charge in [0.1, 0.15) is 12.1 Å².